The molecule has 2 aromatic rings. The van der Waals surface area contributed by atoms with Crippen LogP contribution in [0.15, 0.2) is 29.3 Å². The van der Waals surface area contributed by atoms with Crippen LogP contribution in [0.5, 0.6) is 0 Å². The first-order valence-corrected chi connectivity index (χ1v) is 11.0. The molecular weight excluding hydrogens is 368 g/mol. The number of fused-ring (bicyclic) bond motifs is 4. The molecule has 7 heteroatoms. The lowest BCUT2D eigenvalue weighted by atomic mass is 9.80. The average Bonchev–Trinajstić information content (AvgIpc) is 3.42. The molecule has 3 fully saturated rings. The predicted molar refractivity (Wildman–Crippen MR) is 108 cm³/mol. The van der Waals surface area contributed by atoms with Crippen molar-refractivity contribution < 1.29 is 9.47 Å². The monoisotopic (exact) mass is 396 g/mol. The molecule has 6 rings (SSSR count). The van der Waals surface area contributed by atoms with Crippen molar-refractivity contribution in [3.63, 3.8) is 0 Å². The number of piperidine rings is 1. The van der Waals surface area contributed by atoms with Gasteiger partial charge in [-0.3, -0.25) is 9.69 Å². The highest BCUT2D eigenvalue weighted by molar-refractivity contribution is 5.53. The third-order valence-electron chi connectivity index (χ3n) is 7.43. The first-order valence-electron chi connectivity index (χ1n) is 11.0. The van der Waals surface area contributed by atoms with Gasteiger partial charge in [0.1, 0.15) is 5.82 Å². The first kappa shape index (κ1) is 17.9. The van der Waals surface area contributed by atoms with Crippen molar-refractivity contribution in [3.8, 4) is 11.4 Å². The number of imidazole rings is 1. The summed E-state index contributed by atoms with van der Waals surface area (Å²) >= 11 is 0. The molecule has 2 bridgehead atoms. The van der Waals surface area contributed by atoms with Gasteiger partial charge in [0.25, 0.3) is 5.56 Å². The van der Waals surface area contributed by atoms with Gasteiger partial charge in [0.15, 0.2) is 5.79 Å². The summed E-state index contributed by atoms with van der Waals surface area (Å²) in [6.07, 6.45) is 8.95. The predicted octanol–water partition coefficient (Wildman–Crippen LogP) is 2.34. The van der Waals surface area contributed by atoms with Gasteiger partial charge in [0, 0.05) is 62.5 Å². The lowest BCUT2D eigenvalue weighted by Gasteiger charge is -2.48. The lowest BCUT2D eigenvalue weighted by molar-refractivity contribution is -0.185. The lowest BCUT2D eigenvalue weighted by Crippen LogP contribution is -2.52. The van der Waals surface area contributed by atoms with Gasteiger partial charge in [-0.15, -0.1) is 0 Å². The second-order valence-electron chi connectivity index (χ2n) is 9.12. The number of ether oxygens (including phenoxy) is 2. The largest absolute Gasteiger partial charge is 0.348 e. The number of hydrogen-bond donors (Lipinski definition) is 1. The molecule has 0 unspecified atom stereocenters. The van der Waals surface area contributed by atoms with Gasteiger partial charge in [-0.2, -0.15) is 0 Å². The minimum absolute atomic E-state index is 0.0933. The molecule has 2 aromatic heterocycles. The average molecular weight is 396 g/mol. The van der Waals surface area contributed by atoms with E-state index in [-0.39, 0.29) is 11.3 Å². The molecule has 0 amide bonds. The van der Waals surface area contributed by atoms with Crippen LogP contribution in [-0.4, -0.2) is 57.6 Å². The van der Waals surface area contributed by atoms with Crippen molar-refractivity contribution in [1.29, 1.82) is 0 Å². The number of likely N-dealkylation sites (tertiary alicyclic amines) is 1. The van der Waals surface area contributed by atoms with Crippen LogP contribution in [0.4, 0.5) is 0 Å². The Labute approximate surface area is 170 Å². The van der Waals surface area contributed by atoms with E-state index in [9.17, 15) is 4.79 Å². The van der Waals surface area contributed by atoms with Crippen LogP contribution in [0.3, 0.4) is 0 Å². The molecule has 5 heterocycles. The van der Waals surface area contributed by atoms with Crippen LogP contribution in [0.2, 0.25) is 0 Å². The van der Waals surface area contributed by atoms with Gasteiger partial charge in [-0.05, 0) is 37.3 Å². The molecule has 2 saturated heterocycles. The smallest absolute Gasteiger partial charge is 0.261 e. The number of H-pyrrole nitrogens is 1. The highest BCUT2D eigenvalue weighted by Crippen LogP contribution is 2.41. The maximum Gasteiger partial charge on any atom is 0.261 e. The second-order valence-corrected chi connectivity index (χ2v) is 9.12. The zero-order chi connectivity index (χ0) is 19.4. The van der Waals surface area contributed by atoms with E-state index in [0.717, 1.165) is 58.5 Å². The van der Waals surface area contributed by atoms with Gasteiger partial charge < -0.3 is 19.0 Å². The second kappa shape index (κ2) is 6.79. The van der Waals surface area contributed by atoms with Crippen molar-refractivity contribution in [3.05, 3.63) is 40.6 Å². The Hall–Kier alpha value is -1.96. The molecule has 0 radical (unpaired) electrons. The minimum Gasteiger partial charge on any atom is -0.348 e. The van der Waals surface area contributed by atoms with Gasteiger partial charge in [0.2, 0.25) is 0 Å². The number of nitrogens with one attached hydrogen (secondary N) is 1. The van der Waals surface area contributed by atoms with E-state index in [1.165, 1.54) is 12.1 Å². The number of aromatic amines is 1. The van der Waals surface area contributed by atoms with Crippen LogP contribution in [0.25, 0.3) is 11.4 Å². The SMILES string of the molecule is O=c1c(-c2ncc[nH]2)ccc2n1C[C@H]1C[C@@H]2CN(C2CCC3(CC2)OCCO3)C1. The molecule has 1 N–H and O–H groups in total. The summed E-state index contributed by atoms with van der Waals surface area (Å²) < 4.78 is 13.8. The Morgan fingerprint density at radius 2 is 1.93 bits per heavy atom. The number of rotatable bonds is 2. The van der Waals surface area contributed by atoms with Gasteiger partial charge in [-0.25, -0.2) is 4.98 Å². The van der Waals surface area contributed by atoms with Gasteiger partial charge >= 0.3 is 0 Å². The normalized spacial score (nSPS) is 29.2. The molecule has 29 heavy (non-hydrogen) atoms. The third kappa shape index (κ3) is 2.98. The van der Waals surface area contributed by atoms with Crippen LogP contribution < -0.4 is 5.56 Å². The van der Waals surface area contributed by atoms with Gasteiger partial charge in [0.05, 0.1) is 18.8 Å². The molecule has 1 saturated carbocycles. The molecule has 0 aromatic carbocycles. The maximum atomic E-state index is 13.1. The Bertz CT molecular complexity index is 937. The van der Waals surface area contributed by atoms with Crippen LogP contribution in [0, 0.1) is 5.92 Å². The fraction of sp³-hybridized carbons (Fsp3) is 0.636. The zero-order valence-corrected chi connectivity index (χ0v) is 16.7. The van der Waals surface area contributed by atoms with E-state index in [0.29, 0.717) is 29.3 Å². The summed E-state index contributed by atoms with van der Waals surface area (Å²) in [5, 5.41) is 0. The van der Waals surface area contributed by atoms with E-state index in [1.807, 2.05) is 10.6 Å². The Balaban J connectivity index is 1.22. The molecular formula is C22H28N4O3. The maximum absolute atomic E-state index is 13.1. The van der Waals surface area contributed by atoms with Crippen LogP contribution in [0.1, 0.15) is 43.7 Å². The van der Waals surface area contributed by atoms with E-state index in [4.69, 9.17) is 9.47 Å². The van der Waals surface area contributed by atoms with Crippen molar-refractivity contribution in [2.45, 2.75) is 56.4 Å². The highest BCUT2D eigenvalue weighted by Gasteiger charge is 2.44. The van der Waals surface area contributed by atoms with Crippen molar-refractivity contribution in [1.82, 2.24) is 19.4 Å². The summed E-state index contributed by atoms with van der Waals surface area (Å²) in [5.41, 5.74) is 1.96. The number of pyridine rings is 1. The zero-order valence-electron chi connectivity index (χ0n) is 16.7. The molecule has 3 aliphatic heterocycles. The number of aromatic nitrogens is 3. The summed E-state index contributed by atoms with van der Waals surface area (Å²) in [5.74, 6) is 1.36. The molecule has 2 atom stereocenters. The first-order chi connectivity index (χ1) is 14.2. The summed E-state index contributed by atoms with van der Waals surface area (Å²) in [6, 6.07) is 4.71. The summed E-state index contributed by atoms with van der Waals surface area (Å²) in [7, 11) is 0. The van der Waals surface area contributed by atoms with Crippen molar-refractivity contribution in [2.75, 3.05) is 26.3 Å². The fourth-order valence-corrected chi connectivity index (χ4v) is 6.07. The Morgan fingerprint density at radius 3 is 2.69 bits per heavy atom. The summed E-state index contributed by atoms with van der Waals surface area (Å²) in [4.78, 5) is 23.2. The van der Waals surface area contributed by atoms with E-state index >= 15 is 0 Å². The molecule has 1 aliphatic carbocycles. The molecule has 4 aliphatic rings. The van der Waals surface area contributed by atoms with E-state index in [1.54, 1.807) is 12.4 Å². The topological polar surface area (TPSA) is 72.4 Å². The molecule has 7 nitrogen and oxygen atoms in total. The fourth-order valence-electron chi connectivity index (χ4n) is 6.07. The highest BCUT2D eigenvalue weighted by atomic mass is 16.7. The quantitative estimate of drug-likeness (QED) is 0.844. The standard InChI is InChI=1S/C22H28N4O3/c27-21-18(20-23-7-8-24-20)1-2-19-16-11-15(13-26(19)21)12-25(14-16)17-3-5-22(6-4-17)28-9-10-29-22/h1-2,7-8,15-17H,3-6,9-14H2,(H,23,24)/t15-,16+/m0/s1. The number of hydrogen-bond acceptors (Lipinski definition) is 5. The van der Waals surface area contributed by atoms with E-state index in [2.05, 4.69) is 20.9 Å². The Kier molecular flexibility index (Phi) is 4.18. The van der Waals surface area contributed by atoms with E-state index < -0.39 is 0 Å². The molecule has 154 valence electrons. The van der Waals surface area contributed by atoms with Crippen molar-refractivity contribution in [2.24, 2.45) is 5.92 Å². The van der Waals surface area contributed by atoms with Gasteiger partial charge in [-0.1, -0.05) is 0 Å². The molecule has 1 spiro atoms. The Morgan fingerprint density at radius 1 is 1.10 bits per heavy atom. The minimum atomic E-state index is -0.287. The number of nitrogens with zero attached hydrogens (tertiary/aromatic N) is 3. The third-order valence-corrected chi connectivity index (χ3v) is 7.43. The van der Waals surface area contributed by atoms with Crippen LogP contribution in [-0.2, 0) is 16.0 Å². The van der Waals surface area contributed by atoms with Crippen molar-refractivity contribution >= 4 is 0 Å². The summed E-state index contributed by atoms with van der Waals surface area (Å²) in [6.45, 7) is 4.44. The van der Waals surface area contributed by atoms with Crippen LogP contribution >= 0.6 is 0 Å².